The Bertz CT molecular complexity index is 710. The SMILES string of the molecule is O=C(Nc1ccccc1O)c1ccc(N2CCCC2=O)cc1. The van der Waals surface area contributed by atoms with Gasteiger partial charge in [-0.2, -0.15) is 0 Å². The molecule has 22 heavy (non-hydrogen) atoms. The zero-order valence-electron chi connectivity index (χ0n) is 12.0. The van der Waals surface area contributed by atoms with Crippen molar-refractivity contribution in [1.82, 2.24) is 0 Å². The molecule has 5 nitrogen and oxygen atoms in total. The van der Waals surface area contributed by atoms with Crippen molar-refractivity contribution in [3.63, 3.8) is 0 Å². The lowest BCUT2D eigenvalue weighted by molar-refractivity contribution is -0.117. The Kier molecular flexibility index (Phi) is 3.78. The zero-order valence-corrected chi connectivity index (χ0v) is 12.0. The summed E-state index contributed by atoms with van der Waals surface area (Å²) >= 11 is 0. The van der Waals surface area contributed by atoms with Gasteiger partial charge in [-0.15, -0.1) is 0 Å². The molecule has 1 fully saturated rings. The minimum atomic E-state index is -0.305. The minimum absolute atomic E-state index is 0.0233. The van der Waals surface area contributed by atoms with Gasteiger partial charge >= 0.3 is 0 Å². The quantitative estimate of drug-likeness (QED) is 0.856. The van der Waals surface area contributed by atoms with Crippen molar-refractivity contribution in [3.05, 3.63) is 54.1 Å². The maximum absolute atomic E-state index is 12.2. The van der Waals surface area contributed by atoms with Crippen LogP contribution in [0.4, 0.5) is 11.4 Å². The molecule has 5 heteroatoms. The van der Waals surface area contributed by atoms with E-state index in [0.29, 0.717) is 17.7 Å². The van der Waals surface area contributed by atoms with E-state index < -0.39 is 0 Å². The monoisotopic (exact) mass is 296 g/mol. The number of phenolic OH excluding ortho intramolecular Hbond substituents is 1. The van der Waals surface area contributed by atoms with E-state index >= 15 is 0 Å². The fraction of sp³-hybridized carbons (Fsp3) is 0.176. The zero-order chi connectivity index (χ0) is 15.5. The van der Waals surface area contributed by atoms with Gasteiger partial charge in [-0.3, -0.25) is 9.59 Å². The van der Waals surface area contributed by atoms with Crippen LogP contribution in [0.25, 0.3) is 0 Å². The van der Waals surface area contributed by atoms with E-state index in [-0.39, 0.29) is 17.6 Å². The number of benzene rings is 2. The Labute approximate surface area is 128 Å². The molecule has 2 aromatic rings. The van der Waals surface area contributed by atoms with Crippen LogP contribution < -0.4 is 10.2 Å². The molecule has 112 valence electrons. The molecule has 0 atom stereocenters. The lowest BCUT2D eigenvalue weighted by atomic mass is 10.1. The summed E-state index contributed by atoms with van der Waals surface area (Å²) in [4.78, 5) is 25.6. The van der Waals surface area contributed by atoms with Crippen LogP contribution in [-0.2, 0) is 4.79 Å². The Morgan fingerprint density at radius 2 is 1.82 bits per heavy atom. The van der Waals surface area contributed by atoms with Gasteiger partial charge in [-0.05, 0) is 42.8 Å². The summed E-state index contributed by atoms with van der Waals surface area (Å²) in [6.07, 6.45) is 1.45. The van der Waals surface area contributed by atoms with E-state index in [0.717, 1.165) is 18.7 Å². The topological polar surface area (TPSA) is 69.6 Å². The highest BCUT2D eigenvalue weighted by Gasteiger charge is 2.21. The maximum Gasteiger partial charge on any atom is 0.255 e. The highest BCUT2D eigenvalue weighted by Crippen LogP contribution is 2.24. The third kappa shape index (κ3) is 2.79. The molecule has 0 unspecified atom stereocenters. The summed E-state index contributed by atoms with van der Waals surface area (Å²) in [7, 11) is 0. The number of aromatic hydroxyl groups is 1. The van der Waals surface area contributed by atoms with Crippen molar-refractivity contribution >= 4 is 23.2 Å². The van der Waals surface area contributed by atoms with Crippen molar-refractivity contribution in [2.24, 2.45) is 0 Å². The molecule has 1 heterocycles. The number of hydrogen-bond donors (Lipinski definition) is 2. The second kappa shape index (κ2) is 5.89. The predicted octanol–water partition coefficient (Wildman–Crippen LogP) is 2.77. The average Bonchev–Trinajstić information content (AvgIpc) is 2.96. The molecule has 0 radical (unpaired) electrons. The molecule has 0 aromatic heterocycles. The first-order chi connectivity index (χ1) is 10.6. The molecule has 3 rings (SSSR count). The van der Waals surface area contributed by atoms with Crippen LogP contribution in [0.5, 0.6) is 5.75 Å². The third-order valence-corrected chi connectivity index (χ3v) is 3.67. The summed E-state index contributed by atoms with van der Waals surface area (Å²) in [5.74, 6) is -0.164. The highest BCUT2D eigenvalue weighted by molar-refractivity contribution is 6.05. The highest BCUT2D eigenvalue weighted by atomic mass is 16.3. The first-order valence-corrected chi connectivity index (χ1v) is 7.15. The number of para-hydroxylation sites is 2. The van der Waals surface area contributed by atoms with Crippen molar-refractivity contribution in [2.75, 3.05) is 16.8 Å². The van der Waals surface area contributed by atoms with Gasteiger partial charge in [0, 0.05) is 24.2 Å². The number of rotatable bonds is 3. The standard InChI is InChI=1S/C17H16N2O3/c20-15-5-2-1-4-14(15)18-17(22)12-7-9-13(10-8-12)19-11-3-6-16(19)21/h1-2,4-5,7-10,20H,3,6,11H2,(H,18,22). The molecular weight excluding hydrogens is 280 g/mol. The Hall–Kier alpha value is -2.82. The van der Waals surface area contributed by atoms with Crippen molar-refractivity contribution in [1.29, 1.82) is 0 Å². The smallest absolute Gasteiger partial charge is 0.255 e. The molecule has 0 bridgehead atoms. The van der Waals surface area contributed by atoms with Crippen LogP contribution in [0, 0.1) is 0 Å². The Morgan fingerprint density at radius 3 is 2.45 bits per heavy atom. The summed E-state index contributed by atoms with van der Waals surface area (Å²) in [6, 6.07) is 13.4. The van der Waals surface area contributed by atoms with E-state index in [1.54, 1.807) is 47.4 Å². The minimum Gasteiger partial charge on any atom is -0.506 e. The van der Waals surface area contributed by atoms with E-state index in [1.165, 1.54) is 6.07 Å². The molecular formula is C17H16N2O3. The number of nitrogens with zero attached hydrogens (tertiary/aromatic N) is 1. The van der Waals surface area contributed by atoms with Gasteiger partial charge in [0.2, 0.25) is 5.91 Å². The molecule has 2 amide bonds. The van der Waals surface area contributed by atoms with Crippen LogP contribution in [0.15, 0.2) is 48.5 Å². The second-order valence-electron chi connectivity index (χ2n) is 5.17. The summed E-state index contributed by atoms with van der Waals surface area (Å²) in [5.41, 5.74) is 1.64. The van der Waals surface area contributed by atoms with Gasteiger partial charge in [-0.25, -0.2) is 0 Å². The van der Waals surface area contributed by atoms with Crippen LogP contribution in [-0.4, -0.2) is 23.5 Å². The van der Waals surface area contributed by atoms with Crippen LogP contribution >= 0.6 is 0 Å². The molecule has 1 saturated heterocycles. The molecule has 2 N–H and O–H groups in total. The normalized spacial score (nSPS) is 14.2. The van der Waals surface area contributed by atoms with Gasteiger partial charge in [0.05, 0.1) is 5.69 Å². The largest absolute Gasteiger partial charge is 0.506 e. The number of hydrogen-bond acceptors (Lipinski definition) is 3. The number of phenols is 1. The number of carbonyl (C=O) groups is 2. The van der Waals surface area contributed by atoms with Crippen molar-refractivity contribution in [3.8, 4) is 5.75 Å². The van der Waals surface area contributed by atoms with E-state index in [4.69, 9.17) is 0 Å². The fourth-order valence-corrected chi connectivity index (χ4v) is 2.49. The molecule has 0 saturated carbocycles. The van der Waals surface area contributed by atoms with Gasteiger partial charge in [0.25, 0.3) is 5.91 Å². The van der Waals surface area contributed by atoms with Gasteiger partial charge < -0.3 is 15.3 Å². The van der Waals surface area contributed by atoms with Crippen molar-refractivity contribution in [2.45, 2.75) is 12.8 Å². The van der Waals surface area contributed by atoms with Crippen LogP contribution in [0.2, 0.25) is 0 Å². The van der Waals surface area contributed by atoms with Gasteiger partial charge in [0.15, 0.2) is 0 Å². The molecule has 0 aliphatic carbocycles. The summed E-state index contributed by atoms with van der Waals surface area (Å²) in [6.45, 7) is 0.724. The molecule has 1 aliphatic heterocycles. The number of nitrogens with one attached hydrogen (secondary N) is 1. The molecule has 0 spiro atoms. The number of anilines is 2. The average molecular weight is 296 g/mol. The predicted molar refractivity (Wildman–Crippen MR) is 84.1 cm³/mol. The lowest BCUT2D eigenvalue weighted by Gasteiger charge is -2.15. The van der Waals surface area contributed by atoms with E-state index in [9.17, 15) is 14.7 Å². The molecule has 1 aliphatic rings. The number of amides is 2. The first-order valence-electron chi connectivity index (χ1n) is 7.15. The van der Waals surface area contributed by atoms with Crippen molar-refractivity contribution < 1.29 is 14.7 Å². The summed E-state index contributed by atoms with van der Waals surface area (Å²) in [5, 5.41) is 12.3. The third-order valence-electron chi connectivity index (χ3n) is 3.67. The Morgan fingerprint density at radius 1 is 1.09 bits per heavy atom. The first kappa shape index (κ1) is 14.1. The molecule has 2 aromatic carbocycles. The lowest BCUT2D eigenvalue weighted by Crippen LogP contribution is -2.23. The van der Waals surface area contributed by atoms with Gasteiger partial charge in [0.1, 0.15) is 5.75 Å². The maximum atomic E-state index is 12.2. The van der Waals surface area contributed by atoms with Gasteiger partial charge in [-0.1, -0.05) is 12.1 Å². The van der Waals surface area contributed by atoms with E-state index in [1.807, 2.05) is 0 Å². The van der Waals surface area contributed by atoms with Crippen LogP contribution in [0.3, 0.4) is 0 Å². The Balaban J connectivity index is 1.74. The second-order valence-corrected chi connectivity index (χ2v) is 5.17. The number of carbonyl (C=O) groups excluding carboxylic acids is 2. The van der Waals surface area contributed by atoms with E-state index in [2.05, 4.69) is 5.32 Å². The summed E-state index contributed by atoms with van der Waals surface area (Å²) < 4.78 is 0. The van der Waals surface area contributed by atoms with Crippen LogP contribution in [0.1, 0.15) is 23.2 Å². The fourth-order valence-electron chi connectivity index (χ4n) is 2.49.